The number of carbonyl (C=O) groups excluding carboxylic acids is 1. The highest BCUT2D eigenvalue weighted by molar-refractivity contribution is 5.72. The van der Waals surface area contributed by atoms with Gasteiger partial charge in [-0.2, -0.15) is 0 Å². The summed E-state index contributed by atoms with van der Waals surface area (Å²) in [4.78, 5) is 14.8. The topological polar surface area (TPSA) is 46.0 Å². The third-order valence-electron chi connectivity index (χ3n) is 3.83. The highest BCUT2D eigenvalue weighted by Gasteiger charge is 2.21. The van der Waals surface area contributed by atoms with Crippen molar-refractivity contribution in [1.29, 1.82) is 0 Å². The quantitative estimate of drug-likeness (QED) is 0.771. The van der Waals surface area contributed by atoms with Gasteiger partial charge in [0.1, 0.15) is 5.75 Å². The van der Waals surface area contributed by atoms with Crippen molar-refractivity contribution in [1.82, 2.24) is 5.32 Å². The Balaban J connectivity index is 1.85. The van der Waals surface area contributed by atoms with Crippen LogP contribution in [0.25, 0.3) is 0 Å². The minimum atomic E-state index is 0.0543. The SMILES string of the molecule is CCOc1ccccc1N1CC[NH+](CCNC(C)=O)CC1. The molecule has 1 amide bonds. The maximum atomic E-state index is 10.9. The van der Waals surface area contributed by atoms with Crippen molar-refractivity contribution < 1.29 is 14.4 Å². The number of anilines is 1. The minimum Gasteiger partial charge on any atom is -0.492 e. The number of carbonyl (C=O) groups is 1. The summed E-state index contributed by atoms with van der Waals surface area (Å²) in [5.74, 6) is 1.03. The Hall–Kier alpha value is -1.75. The molecule has 0 bridgehead atoms. The lowest BCUT2D eigenvalue weighted by Crippen LogP contribution is -3.15. The van der Waals surface area contributed by atoms with Crippen molar-refractivity contribution in [3.8, 4) is 5.75 Å². The number of amides is 1. The first-order chi connectivity index (χ1) is 10.2. The third kappa shape index (κ3) is 4.63. The number of hydrogen-bond donors (Lipinski definition) is 2. The molecule has 0 radical (unpaired) electrons. The second-order valence-electron chi connectivity index (χ2n) is 5.37. The predicted molar refractivity (Wildman–Crippen MR) is 84.1 cm³/mol. The number of rotatable bonds is 6. The fourth-order valence-corrected chi connectivity index (χ4v) is 2.73. The highest BCUT2D eigenvalue weighted by atomic mass is 16.5. The van der Waals surface area contributed by atoms with Crippen LogP contribution < -0.4 is 19.9 Å². The fourth-order valence-electron chi connectivity index (χ4n) is 2.73. The molecule has 0 saturated carbocycles. The van der Waals surface area contributed by atoms with Gasteiger partial charge in [-0.3, -0.25) is 4.79 Å². The monoisotopic (exact) mass is 292 g/mol. The molecule has 1 heterocycles. The van der Waals surface area contributed by atoms with Crippen LogP contribution in [0.2, 0.25) is 0 Å². The summed E-state index contributed by atoms with van der Waals surface area (Å²) in [6.07, 6.45) is 0. The van der Waals surface area contributed by atoms with Crippen LogP contribution in [0.5, 0.6) is 5.75 Å². The number of piperazine rings is 1. The second-order valence-corrected chi connectivity index (χ2v) is 5.37. The van der Waals surface area contributed by atoms with Gasteiger partial charge in [0.2, 0.25) is 5.91 Å². The molecule has 0 atom stereocenters. The second kappa shape index (κ2) is 7.88. The number of benzene rings is 1. The maximum absolute atomic E-state index is 10.9. The normalized spacial score (nSPS) is 15.8. The van der Waals surface area contributed by atoms with Gasteiger partial charge in [-0.25, -0.2) is 0 Å². The Kier molecular flexibility index (Phi) is 5.87. The first kappa shape index (κ1) is 15.6. The largest absolute Gasteiger partial charge is 0.492 e. The molecule has 116 valence electrons. The summed E-state index contributed by atoms with van der Waals surface area (Å²) in [5.41, 5.74) is 1.19. The van der Waals surface area contributed by atoms with E-state index in [1.165, 1.54) is 5.69 Å². The van der Waals surface area contributed by atoms with Gasteiger partial charge in [0.15, 0.2) is 0 Å². The van der Waals surface area contributed by atoms with Crippen LogP contribution in [0.1, 0.15) is 13.8 Å². The van der Waals surface area contributed by atoms with Crippen LogP contribution in [0.4, 0.5) is 5.69 Å². The van der Waals surface area contributed by atoms with Crippen LogP contribution in [0.15, 0.2) is 24.3 Å². The molecule has 2 N–H and O–H groups in total. The molecule has 2 rings (SSSR count). The predicted octanol–water partition coefficient (Wildman–Crippen LogP) is -0.0737. The van der Waals surface area contributed by atoms with Crippen LogP contribution in [-0.2, 0) is 4.79 Å². The zero-order chi connectivity index (χ0) is 15.1. The van der Waals surface area contributed by atoms with E-state index in [9.17, 15) is 4.79 Å². The number of ether oxygens (including phenoxy) is 1. The van der Waals surface area contributed by atoms with Gasteiger partial charge >= 0.3 is 0 Å². The zero-order valence-corrected chi connectivity index (χ0v) is 13.0. The zero-order valence-electron chi connectivity index (χ0n) is 13.0. The van der Waals surface area contributed by atoms with Crippen LogP contribution >= 0.6 is 0 Å². The van der Waals surface area contributed by atoms with E-state index in [4.69, 9.17) is 4.74 Å². The van der Waals surface area contributed by atoms with Gasteiger partial charge in [-0.05, 0) is 19.1 Å². The molecule has 5 nitrogen and oxygen atoms in total. The van der Waals surface area contributed by atoms with Crippen molar-refractivity contribution in [3.05, 3.63) is 24.3 Å². The summed E-state index contributed by atoms with van der Waals surface area (Å²) < 4.78 is 5.71. The lowest BCUT2D eigenvalue weighted by molar-refractivity contribution is -0.899. The molecule has 0 unspecified atom stereocenters. The summed E-state index contributed by atoms with van der Waals surface area (Å²) in [7, 11) is 0. The standard InChI is InChI=1S/C16H25N3O2/c1-3-21-16-7-5-4-6-15(16)19-12-10-18(11-13-19)9-8-17-14(2)20/h4-7H,3,8-13H2,1-2H3,(H,17,20)/p+1. The van der Waals surface area contributed by atoms with E-state index in [-0.39, 0.29) is 5.91 Å². The molecule has 1 aromatic carbocycles. The molecule has 1 aliphatic rings. The molecule has 1 fully saturated rings. The molecule has 0 aliphatic carbocycles. The summed E-state index contributed by atoms with van der Waals surface area (Å²) in [5, 5.41) is 2.87. The van der Waals surface area contributed by atoms with Gasteiger partial charge in [-0.15, -0.1) is 0 Å². The summed E-state index contributed by atoms with van der Waals surface area (Å²) >= 11 is 0. The number of nitrogens with zero attached hydrogens (tertiary/aromatic N) is 1. The number of para-hydroxylation sites is 2. The van der Waals surface area contributed by atoms with E-state index in [2.05, 4.69) is 22.3 Å². The molecule has 1 saturated heterocycles. The third-order valence-corrected chi connectivity index (χ3v) is 3.83. The molecule has 0 spiro atoms. The Bertz CT molecular complexity index is 457. The molecule has 1 aromatic rings. The van der Waals surface area contributed by atoms with Crippen molar-refractivity contribution >= 4 is 11.6 Å². The average Bonchev–Trinajstić information content (AvgIpc) is 2.49. The van der Waals surface area contributed by atoms with Crippen molar-refractivity contribution in [2.75, 3.05) is 50.8 Å². The van der Waals surface area contributed by atoms with E-state index >= 15 is 0 Å². The van der Waals surface area contributed by atoms with Gasteiger partial charge in [0.05, 0.1) is 51.6 Å². The smallest absolute Gasteiger partial charge is 0.217 e. The molecule has 0 aromatic heterocycles. The Labute approximate surface area is 126 Å². The number of quaternary nitrogens is 1. The molecular formula is C16H26N3O2+. The van der Waals surface area contributed by atoms with Gasteiger partial charge in [0, 0.05) is 6.92 Å². The minimum absolute atomic E-state index is 0.0543. The van der Waals surface area contributed by atoms with E-state index < -0.39 is 0 Å². The van der Waals surface area contributed by atoms with E-state index in [1.54, 1.807) is 11.8 Å². The number of nitrogens with one attached hydrogen (secondary N) is 2. The maximum Gasteiger partial charge on any atom is 0.217 e. The summed E-state index contributed by atoms with van der Waals surface area (Å²) in [6.45, 7) is 10.3. The van der Waals surface area contributed by atoms with Gasteiger partial charge in [0.25, 0.3) is 0 Å². The molecule has 1 aliphatic heterocycles. The van der Waals surface area contributed by atoms with Crippen LogP contribution in [0, 0.1) is 0 Å². The van der Waals surface area contributed by atoms with Gasteiger partial charge < -0.3 is 19.9 Å². The van der Waals surface area contributed by atoms with E-state index in [0.29, 0.717) is 6.61 Å². The lowest BCUT2D eigenvalue weighted by atomic mass is 10.2. The van der Waals surface area contributed by atoms with Crippen molar-refractivity contribution in [2.24, 2.45) is 0 Å². The van der Waals surface area contributed by atoms with Crippen LogP contribution in [-0.4, -0.2) is 51.8 Å². The first-order valence-electron chi connectivity index (χ1n) is 7.75. The van der Waals surface area contributed by atoms with E-state index in [0.717, 1.165) is 45.0 Å². The lowest BCUT2D eigenvalue weighted by Gasteiger charge is -2.34. The fraction of sp³-hybridized carbons (Fsp3) is 0.562. The van der Waals surface area contributed by atoms with Crippen LogP contribution in [0.3, 0.4) is 0 Å². The average molecular weight is 292 g/mol. The van der Waals surface area contributed by atoms with Gasteiger partial charge in [-0.1, -0.05) is 12.1 Å². The highest BCUT2D eigenvalue weighted by Crippen LogP contribution is 2.27. The number of hydrogen-bond acceptors (Lipinski definition) is 3. The molecular weight excluding hydrogens is 266 g/mol. The Morgan fingerprint density at radius 2 is 2.05 bits per heavy atom. The molecule has 5 heteroatoms. The van der Waals surface area contributed by atoms with Crippen molar-refractivity contribution in [2.45, 2.75) is 13.8 Å². The Morgan fingerprint density at radius 1 is 1.33 bits per heavy atom. The first-order valence-corrected chi connectivity index (χ1v) is 7.75. The Morgan fingerprint density at radius 3 is 2.71 bits per heavy atom. The van der Waals surface area contributed by atoms with Crippen molar-refractivity contribution in [3.63, 3.8) is 0 Å². The molecule has 21 heavy (non-hydrogen) atoms. The summed E-state index contributed by atoms with van der Waals surface area (Å²) in [6, 6.07) is 8.25. The van der Waals surface area contributed by atoms with E-state index in [1.807, 2.05) is 19.1 Å².